The molecule has 0 aromatic heterocycles. The van der Waals surface area contributed by atoms with Crippen LogP contribution in [0.3, 0.4) is 0 Å². The van der Waals surface area contributed by atoms with Crippen molar-refractivity contribution in [3.05, 3.63) is 64.2 Å². The predicted molar refractivity (Wildman–Crippen MR) is 76.1 cm³/mol. The van der Waals surface area contributed by atoms with Crippen LogP contribution in [0.25, 0.3) is 0 Å². The van der Waals surface area contributed by atoms with Crippen LogP contribution in [0.1, 0.15) is 27.8 Å². The van der Waals surface area contributed by atoms with Gasteiger partial charge in [-0.2, -0.15) is 5.26 Å². The molecule has 19 heavy (non-hydrogen) atoms. The SMILES string of the molecule is Cc1ccc(C)c(OCc2ccc(C#N)cc2C)c1. The number of nitriles is 1. The average Bonchev–Trinajstić information content (AvgIpc) is 2.40. The first kappa shape index (κ1) is 13.2. The third-order valence-corrected chi connectivity index (χ3v) is 3.20. The van der Waals surface area contributed by atoms with Gasteiger partial charge < -0.3 is 4.74 Å². The molecule has 0 amide bonds. The summed E-state index contributed by atoms with van der Waals surface area (Å²) in [5, 5.41) is 8.85. The summed E-state index contributed by atoms with van der Waals surface area (Å²) in [5.41, 5.74) is 5.21. The zero-order valence-electron chi connectivity index (χ0n) is 11.5. The molecule has 0 heterocycles. The summed E-state index contributed by atoms with van der Waals surface area (Å²) in [6.45, 7) is 6.63. The molecule has 0 aliphatic heterocycles. The fourth-order valence-corrected chi connectivity index (χ4v) is 1.95. The maximum absolute atomic E-state index is 8.85. The molecule has 0 fully saturated rings. The van der Waals surface area contributed by atoms with E-state index in [2.05, 4.69) is 25.1 Å². The topological polar surface area (TPSA) is 33.0 Å². The highest BCUT2D eigenvalue weighted by Gasteiger charge is 2.03. The lowest BCUT2D eigenvalue weighted by Gasteiger charge is -2.11. The minimum atomic E-state index is 0.530. The Morgan fingerprint density at radius 1 is 1.00 bits per heavy atom. The summed E-state index contributed by atoms with van der Waals surface area (Å²) in [5.74, 6) is 0.920. The summed E-state index contributed by atoms with van der Waals surface area (Å²) >= 11 is 0. The molecule has 0 saturated carbocycles. The van der Waals surface area contributed by atoms with Gasteiger partial charge in [-0.3, -0.25) is 0 Å². The molecule has 0 atom stereocenters. The Labute approximate surface area is 114 Å². The molecule has 2 aromatic carbocycles. The van der Waals surface area contributed by atoms with Crippen molar-refractivity contribution in [1.29, 1.82) is 5.26 Å². The number of hydrogen-bond donors (Lipinski definition) is 0. The zero-order chi connectivity index (χ0) is 13.8. The zero-order valence-corrected chi connectivity index (χ0v) is 11.5. The first-order chi connectivity index (χ1) is 9.10. The highest BCUT2D eigenvalue weighted by molar-refractivity contribution is 5.39. The maximum Gasteiger partial charge on any atom is 0.122 e. The summed E-state index contributed by atoms with van der Waals surface area (Å²) < 4.78 is 5.88. The minimum absolute atomic E-state index is 0.530. The predicted octanol–water partition coefficient (Wildman–Crippen LogP) is 4.06. The van der Waals surface area contributed by atoms with Crippen LogP contribution in [0.4, 0.5) is 0 Å². The highest BCUT2D eigenvalue weighted by Crippen LogP contribution is 2.21. The van der Waals surface area contributed by atoms with Crippen LogP contribution >= 0.6 is 0 Å². The molecule has 2 rings (SSSR count). The fourth-order valence-electron chi connectivity index (χ4n) is 1.95. The van der Waals surface area contributed by atoms with Crippen molar-refractivity contribution >= 4 is 0 Å². The molecular formula is C17H17NO. The van der Waals surface area contributed by atoms with Crippen molar-refractivity contribution in [2.75, 3.05) is 0 Å². The number of benzene rings is 2. The van der Waals surface area contributed by atoms with E-state index in [9.17, 15) is 0 Å². The van der Waals surface area contributed by atoms with Crippen LogP contribution in [0.2, 0.25) is 0 Å². The molecule has 2 aromatic rings. The molecule has 0 radical (unpaired) electrons. The first-order valence-electron chi connectivity index (χ1n) is 6.30. The van der Waals surface area contributed by atoms with E-state index in [1.165, 1.54) is 5.56 Å². The van der Waals surface area contributed by atoms with Gasteiger partial charge in [0.05, 0.1) is 11.6 Å². The van der Waals surface area contributed by atoms with Crippen LogP contribution in [0.15, 0.2) is 36.4 Å². The van der Waals surface area contributed by atoms with Gasteiger partial charge in [0.15, 0.2) is 0 Å². The molecular weight excluding hydrogens is 234 g/mol. The van der Waals surface area contributed by atoms with Gasteiger partial charge in [0, 0.05) is 0 Å². The average molecular weight is 251 g/mol. The Kier molecular flexibility index (Phi) is 3.87. The fraction of sp³-hybridized carbons (Fsp3) is 0.235. The molecule has 0 spiro atoms. The molecule has 0 saturated heterocycles. The van der Waals surface area contributed by atoms with E-state index in [1.807, 2.05) is 38.1 Å². The van der Waals surface area contributed by atoms with E-state index in [1.54, 1.807) is 0 Å². The second-order valence-corrected chi connectivity index (χ2v) is 4.81. The largest absolute Gasteiger partial charge is 0.489 e. The lowest BCUT2D eigenvalue weighted by atomic mass is 10.1. The van der Waals surface area contributed by atoms with E-state index >= 15 is 0 Å². The van der Waals surface area contributed by atoms with Crippen molar-refractivity contribution in [2.24, 2.45) is 0 Å². The number of nitrogens with zero attached hydrogens (tertiary/aromatic N) is 1. The van der Waals surface area contributed by atoms with Crippen LogP contribution in [-0.2, 0) is 6.61 Å². The number of hydrogen-bond acceptors (Lipinski definition) is 2. The molecule has 96 valence electrons. The van der Waals surface area contributed by atoms with Gasteiger partial charge in [0.1, 0.15) is 12.4 Å². The summed E-state index contributed by atoms with van der Waals surface area (Å²) in [7, 11) is 0. The molecule has 0 aliphatic carbocycles. The Morgan fingerprint density at radius 2 is 1.79 bits per heavy atom. The van der Waals surface area contributed by atoms with Gasteiger partial charge in [-0.1, -0.05) is 18.2 Å². The second-order valence-electron chi connectivity index (χ2n) is 4.81. The minimum Gasteiger partial charge on any atom is -0.489 e. The van der Waals surface area contributed by atoms with Gasteiger partial charge in [0.25, 0.3) is 0 Å². The van der Waals surface area contributed by atoms with Crippen molar-refractivity contribution in [2.45, 2.75) is 27.4 Å². The smallest absolute Gasteiger partial charge is 0.122 e. The van der Waals surface area contributed by atoms with Gasteiger partial charge in [-0.05, 0) is 61.2 Å². The van der Waals surface area contributed by atoms with Gasteiger partial charge in [-0.25, -0.2) is 0 Å². The molecule has 0 bridgehead atoms. The van der Waals surface area contributed by atoms with Gasteiger partial charge in [-0.15, -0.1) is 0 Å². The van der Waals surface area contributed by atoms with Crippen molar-refractivity contribution < 1.29 is 4.74 Å². The Balaban J connectivity index is 2.15. The monoisotopic (exact) mass is 251 g/mol. The van der Waals surface area contributed by atoms with E-state index in [0.29, 0.717) is 12.2 Å². The highest BCUT2D eigenvalue weighted by atomic mass is 16.5. The molecule has 0 aliphatic rings. The first-order valence-corrected chi connectivity index (χ1v) is 6.30. The van der Waals surface area contributed by atoms with E-state index < -0.39 is 0 Å². The Morgan fingerprint density at radius 3 is 2.47 bits per heavy atom. The molecule has 2 nitrogen and oxygen atoms in total. The normalized spacial score (nSPS) is 10.0. The van der Waals surface area contributed by atoms with Gasteiger partial charge in [0.2, 0.25) is 0 Å². The standard InChI is InChI=1S/C17H17NO/c1-12-4-5-13(2)17(8-12)19-11-16-7-6-15(10-18)9-14(16)3/h4-9H,11H2,1-3H3. The quantitative estimate of drug-likeness (QED) is 0.824. The van der Waals surface area contributed by atoms with Crippen molar-refractivity contribution in [1.82, 2.24) is 0 Å². The van der Waals surface area contributed by atoms with Crippen molar-refractivity contribution in [3.63, 3.8) is 0 Å². The number of ether oxygens (including phenoxy) is 1. The Bertz CT molecular complexity index is 638. The van der Waals surface area contributed by atoms with E-state index in [4.69, 9.17) is 10.00 Å². The van der Waals surface area contributed by atoms with Gasteiger partial charge >= 0.3 is 0 Å². The number of rotatable bonds is 3. The third-order valence-electron chi connectivity index (χ3n) is 3.20. The van der Waals surface area contributed by atoms with E-state index in [0.717, 1.165) is 22.4 Å². The summed E-state index contributed by atoms with van der Waals surface area (Å²) in [6.07, 6.45) is 0. The van der Waals surface area contributed by atoms with Crippen LogP contribution in [0.5, 0.6) is 5.75 Å². The van der Waals surface area contributed by atoms with Crippen molar-refractivity contribution in [3.8, 4) is 11.8 Å². The van der Waals surface area contributed by atoms with E-state index in [-0.39, 0.29) is 0 Å². The summed E-state index contributed by atoms with van der Waals surface area (Å²) in [6, 6.07) is 14.0. The molecule has 0 N–H and O–H groups in total. The Hall–Kier alpha value is -2.27. The molecule has 2 heteroatoms. The summed E-state index contributed by atoms with van der Waals surface area (Å²) in [4.78, 5) is 0. The maximum atomic E-state index is 8.85. The number of aryl methyl sites for hydroxylation is 3. The third kappa shape index (κ3) is 3.14. The van der Waals surface area contributed by atoms with Crippen LogP contribution < -0.4 is 4.74 Å². The lowest BCUT2D eigenvalue weighted by molar-refractivity contribution is 0.303. The van der Waals surface area contributed by atoms with Crippen LogP contribution in [0, 0.1) is 32.1 Å². The second kappa shape index (κ2) is 5.58. The lowest BCUT2D eigenvalue weighted by Crippen LogP contribution is -1.99. The molecule has 0 unspecified atom stereocenters. The van der Waals surface area contributed by atoms with Crippen LogP contribution in [-0.4, -0.2) is 0 Å².